The van der Waals surface area contributed by atoms with Gasteiger partial charge in [0.05, 0.1) is 17.5 Å². The first-order valence-electron chi connectivity index (χ1n) is 11.1. The highest BCUT2D eigenvalue weighted by Gasteiger charge is 2.61. The van der Waals surface area contributed by atoms with E-state index >= 15 is 0 Å². The van der Waals surface area contributed by atoms with Crippen LogP contribution in [0.4, 0.5) is 5.69 Å². The van der Waals surface area contributed by atoms with Gasteiger partial charge in [-0.05, 0) is 57.5 Å². The van der Waals surface area contributed by atoms with Gasteiger partial charge in [-0.1, -0.05) is 74.8 Å². The van der Waals surface area contributed by atoms with E-state index in [0.717, 1.165) is 0 Å². The average Bonchev–Trinajstić information content (AvgIpc) is 3.04. The fraction of sp³-hybridized carbons (Fsp3) is 0.286. The number of imide groups is 1. The number of carbonyl (C=O) groups is 2. The Hall–Kier alpha value is -2.91. The molecule has 1 saturated heterocycles. The van der Waals surface area contributed by atoms with Crippen molar-refractivity contribution in [2.75, 3.05) is 4.90 Å². The fourth-order valence-electron chi connectivity index (χ4n) is 6.04. The molecule has 7 rings (SSSR count). The summed E-state index contributed by atoms with van der Waals surface area (Å²) < 4.78 is 0. The van der Waals surface area contributed by atoms with Crippen molar-refractivity contribution in [2.24, 2.45) is 11.8 Å². The lowest BCUT2D eigenvalue weighted by Crippen LogP contribution is -2.41. The molecule has 0 radical (unpaired) electrons. The van der Waals surface area contributed by atoms with Gasteiger partial charge in [0.1, 0.15) is 0 Å². The number of nitrogens with zero attached hydrogens (tertiary/aromatic N) is 1. The van der Waals surface area contributed by atoms with Crippen molar-refractivity contribution < 1.29 is 9.59 Å². The molecule has 0 saturated carbocycles. The average molecular weight is 442 g/mol. The highest BCUT2D eigenvalue weighted by atomic mass is 35.5. The number of anilines is 1. The summed E-state index contributed by atoms with van der Waals surface area (Å²) in [5.74, 6) is -1.14. The lowest BCUT2D eigenvalue weighted by molar-refractivity contribution is -0.122. The number of amides is 2. The maximum absolute atomic E-state index is 13.8. The molecule has 1 aliphatic heterocycles. The minimum atomic E-state index is -0.374. The molecule has 160 valence electrons. The monoisotopic (exact) mass is 441 g/mol. The molecule has 1 fully saturated rings. The standard InChI is InChI=1S/C28H24ClNO2/c1-28(2,3)15-8-13-20-21(14-15)23-19-7-5-4-6-18(19)22(20)24-25(23)27(32)30(26(24)31)17-11-9-16(29)10-12-17/h4-14,22-25H,1-3H3/t22-,23-,24-,25+/m0/s1. The summed E-state index contributed by atoms with van der Waals surface area (Å²) in [5, 5.41) is 0.583. The van der Waals surface area contributed by atoms with Gasteiger partial charge in [-0.3, -0.25) is 9.59 Å². The first kappa shape index (κ1) is 19.8. The van der Waals surface area contributed by atoms with E-state index in [0.29, 0.717) is 10.7 Å². The summed E-state index contributed by atoms with van der Waals surface area (Å²) >= 11 is 6.05. The van der Waals surface area contributed by atoms with Crippen molar-refractivity contribution in [3.05, 3.63) is 99.6 Å². The van der Waals surface area contributed by atoms with Crippen LogP contribution in [0.5, 0.6) is 0 Å². The van der Waals surface area contributed by atoms with Crippen molar-refractivity contribution in [1.29, 1.82) is 0 Å². The molecule has 0 spiro atoms. The Morgan fingerprint density at radius 1 is 0.719 bits per heavy atom. The minimum Gasteiger partial charge on any atom is -0.274 e. The van der Waals surface area contributed by atoms with E-state index in [9.17, 15) is 9.59 Å². The van der Waals surface area contributed by atoms with Gasteiger partial charge in [-0.25, -0.2) is 4.90 Å². The summed E-state index contributed by atoms with van der Waals surface area (Å²) in [6.07, 6.45) is 0. The third-order valence-corrected chi connectivity index (χ3v) is 7.74. The van der Waals surface area contributed by atoms with Crippen LogP contribution < -0.4 is 4.90 Å². The van der Waals surface area contributed by atoms with Gasteiger partial charge < -0.3 is 0 Å². The topological polar surface area (TPSA) is 37.4 Å². The summed E-state index contributed by atoms with van der Waals surface area (Å²) in [7, 11) is 0. The van der Waals surface area contributed by atoms with Gasteiger partial charge in [0.25, 0.3) is 0 Å². The van der Waals surface area contributed by atoms with Crippen molar-refractivity contribution in [3.63, 3.8) is 0 Å². The van der Waals surface area contributed by atoms with E-state index in [2.05, 4.69) is 51.1 Å². The van der Waals surface area contributed by atoms with Crippen LogP contribution in [0.2, 0.25) is 5.02 Å². The highest BCUT2D eigenvalue weighted by Crippen LogP contribution is 2.61. The number of carbonyl (C=O) groups excluding carboxylic acids is 2. The zero-order valence-corrected chi connectivity index (χ0v) is 19.1. The number of rotatable bonds is 1. The molecule has 4 aliphatic rings. The van der Waals surface area contributed by atoms with Crippen molar-refractivity contribution in [3.8, 4) is 0 Å². The first-order chi connectivity index (χ1) is 15.3. The second kappa shape index (κ2) is 6.55. The molecule has 3 aliphatic carbocycles. The molecule has 0 N–H and O–H groups in total. The molecule has 4 atom stereocenters. The Labute approximate surface area is 193 Å². The molecule has 2 amide bonds. The summed E-state index contributed by atoms with van der Waals surface area (Å²) in [6, 6.07) is 22.0. The molecular formula is C28H24ClNO2. The maximum Gasteiger partial charge on any atom is 0.238 e. The van der Waals surface area contributed by atoms with Crippen LogP contribution in [0.1, 0.15) is 60.4 Å². The Bertz CT molecular complexity index is 1290. The first-order valence-corrected chi connectivity index (χ1v) is 11.5. The Morgan fingerprint density at radius 3 is 1.81 bits per heavy atom. The maximum atomic E-state index is 13.8. The summed E-state index contributed by atoms with van der Waals surface area (Å²) in [4.78, 5) is 28.9. The number of hydrogen-bond donors (Lipinski definition) is 0. The van der Waals surface area contributed by atoms with Crippen LogP contribution in [0, 0.1) is 11.8 Å². The minimum absolute atomic E-state index is 0.00941. The van der Waals surface area contributed by atoms with Crippen LogP contribution in [0.25, 0.3) is 0 Å². The SMILES string of the molecule is CC(C)(C)c1ccc2c(c1)[C@@H]1c3ccccc3[C@@H]2[C@@H]2C(=O)N(c3ccc(Cl)cc3)C(=O)[C@H]12. The Kier molecular flexibility index (Phi) is 4.04. The third-order valence-electron chi connectivity index (χ3n) is 7.49. The fourth-order valence-corrected chi connectivity index (χ4v) is 6.16. The largest absolute Gasteiger partial charge is 0.274 e. The second-order valence-corrected chi connectivity index (χ2v) is 10.7. The molecule has 0 aromatic heterocycles. The number of hydrogen-bond acceptors (Lipinski definition) is 2. The second-order valence-electron chi connectivity index (χ2n) is 10.2. The van der Waals surface area contributed by atoms with Gasteiger partial charge in [-0.15, -0.1) is 0 Å². The summed E-state index contributed by atoms with van der Waals surface area (Å²) in [5.41, 5.74) is 6.65. The van der Waals surface area contributed by atoms with Crippen LogP contribution >= 0.6 is 11.6 Å². The van der Waals surface area contributed by atoms with Crippen molar-refractivity contribution >= 4 is 29.1 Å². The van der Waals surface area contributed by atoms with E-state index in [1.807, 2.05) is 12.1 Å². The molecule has 3 aromatic carbocycles. The molecule has 3 nitrogen and oxygen atoms in total. The summed E-state index contributed by atoms with van der Waals surface area (Å²) in [6.45, 7) is 6.62. The quantitative estimate of drug-likeness (QED) is 0.432. The van der Waals surface area contributed by atoms with Crippen LogP contribution in [-0.4, -0.2) is 11.8 Å². The molecule has 4 heteroatoms. The lowest BCUT2D eigenvalue weighted by Gasteiger charge is -2.46. The third kappa shape index (κ3) is 2.55. The zero-order chi connectivity index (χ0) is 22.4. The lowest BCUT2D eigenvalue weighted by atomic mass is 9.54. The van der Waals surface area contributed by atoms with Crippen LogP contribution in [-0.2, 0) is 15.0 Å². The molecule has 32 heavy (non-hydrogen) atoms. The van der Waals surface area contributed by atoms with Gasteiger partial charge >= 0.3 is 0 Å². The van der Waals surface area contributed by atoms with E-state index in [1.54, 1.807) is 24.3 Å². The van der Waals surface area contributed by atoms with Gasteiger partial charge in [0, 0.05) is 16.9 Å². The Morgan fingerprint density at radius 2 is 1.25 bits per heavy atom. The van der Waals surface area contributed by atoms with Crippen molar-refractivity contribution in [1.82, 2.24) is 0 Å². The highest BCUT2D eigenvalue weighted by molar-refractivity contribution is 6.31. The van der Waals surface area contributed by atoms with E-state index in [-0.39, 0.29) is 40.9 Å². The predicted molar refractivity (Wildman–Crippen MR) is 126 cm³/mol. The van der Waals surface area contributed by atoms with Crippen LogP contribution in [0.15, 0.2) is 66.7 Å². The predicted octanol–water partition coefficient (Wildman–Crippen LogP) is 6.03. The molecule has 1 heterocycles. The molecule has 2 bridgehead atoms. The number of benzene rings is 3. The molecular weight excluding hydrogens is 418 g/mol. The van der Waals surface area contributed by atoms with Gasteiger partial charge in [-0.2, -0.15) is 0 Å². The van der Waals surface area contributed by atoms with Crippen LogP contribution in [0.3, 0.4) is 0 Å². The molecule has 0 unspecified atom stereocenters. The zero-order valence-electron chi connectivity index (χ0n) is 18.3. The van der Waals surface area contributed by atoms with E-state index in [4.69, 9.17) is 11.6 Å². The van der Waals surface area contributed by atoms with E-state index in [1.165, 1.54) is 32.7 Å². The van der Waals surface area contributed by atoms with Crippen molar-refractivity contribution in [2.45, 2.75) is 38.0 Å². The van der Waals surface area contributed by atoms with Gasteiger partial charge in [0.15, 0.2) is 0 Å². The van der Waals surface area contributed by atoms with E-state index < -0.39 is 0 Å². The number of halogens is 1. The Balaban J connectivity index is 1.56. The normalized spacial score (nSPS) is 25.6. The molecule has 3 aromatic rings. The smallest absolute Gasteiger partial charge is 0.238 e. The van der Waals surface area contributed by atoms with Gasteiger partial charge in [0.2, 0.25) is 11.8 Å².